The van der Waals surface area contributed by atoms with Gasteiger partial charge >= 0.3 is 11.9 Å². The summed E-state index contributed by atoms with van der Waals surface area (Å²) in [5.74, 6) is 2.30. The number of rotatable bonds is 17. The average Bonchev–Trinajstić information content (AvgIpc) is 3.12. The van der Waals surface area contributed by atoms with E-state index in [1.165, 1.54) is 60.8 Å². The Balaban J connectivity index is 1.26. The Morgan fingerprint density at radius 1 is 0.812 bits per heavy atom. The molecule has 5 heteroatoms. The van der Waals surface area contributed by atoms with Crippen molar-refractivity contribution in [3.8, 4) is 11.1 Å². The average molecular weight is 657 g/mol. The maximum atomic E-state index is 12.0. The molecule has 2 aliphatic rings. The molecule has 0 amide bonds. The van der Waals surface area contributed by atoms with Crippen LogP contribution in [0.1, 0.15) is 127 Å². The van der Waals surface area contributed by atoms with Gasteiger partial charge in [-0.25, -0.2) is 4.79 Å². The Bertz CT molecular complexity index is 1290. The quantitative estimate of drug-likeness (QED) is 0.0794. The van der Waals surface area contributed by atoms with Crippen molar-refractivity contribution in [2.24, 2.45) is 23.7 Å². The highest BCUT2D eigenvalue weighted by Crippen LogP contribution is 2.42. The van der Waals surface area contributed by atoms with E-state index in [9.17, 15) is 14.7 Å². The van der Waals surface area contributed by atoms with Crippen molar-refractivity contribution in [2.75, 3.05) is 19.8 Å². The van der Waals surface area contributed by atoms with Gasteiger partial charge in [0.1, 0.15) is 0 Å². The number of carbonyl (C=O) groups is 2. The second-order valence-electron chi connectivity index (χ2n) is 14.6. The SMILES string of the molecule is C=C(CO)C(=O)OCCC(CCCOC(=O)C(C)C)C1CCC(c2ccc(-c3ccc(C4CCC(CC/C=C/C)CC4)cc3)cc2)CC1. The van der Waals surface area contributed by atoms with Crippen LogP contribution in [0.4, 0.5) is 0 Å². The number of ether oxygens (including phenoxy) is 2. The van der Waals surface area contributed by atoms with Crippen LogP contribution in [0.25, 0.3) is 11.1 Å². The van der Waals surface area contributed by atoms with Crippen LogP contribution in [-0.4, -0.2) is 36.9 Å². The molecule has 1 atom stereocenters. The highest BCUT2D eigenvalue weighted by molar-refractivity contribution is 5.87. The minimum atomic E-state index is -0.529. The molecule has 0 radical (unpaired) electrons. The molecule has 0 aromatic heterocycles. The molecule has 1 unspecified atom stereocenters. The van der Waals surface area contributed by atoms with E-state index in [4.69, 9.17) is 9.47 Å². The number of allylic oxidation sites excluding steroid dienone is 2. The summed E-state index contributed by atoms with van der Waals surface area (Å²) in [7, 11) is 0. The lowest BCUT2D eigenvalue weighted by atomic mass is 9.72. The molecule has 4 rings (SSSR count). The molecular weight excluding hydrogens is 596 g/mol. The van der Waals surface area contributed by atoms with E-state index in [0.29, 0.717) is 36.9 Å². The predicted octanol–water partition coefficient (Wildman–Crippen LogP) is 10.3. The molecule has 2 aromatic carbocycles. The Morgan fingerprint density at radius 2 is 1.38 bits per heavy atom. The molecule has 0 aliphatic heterocycles. The van der Waals surface area contributed by atoms with Crippen LogP contribution in [-0.2, 0) is 19.1 Å². The van der Waals surface area contributed by atoms with Crippen molar-refractivity contribution >= 4 is 11.9 Å². The Labute approximate surface area is 290 Å². The number of benzene rings is 2. The molecule has 262 valence electrons. The third-order valence-corrected chi connectivity index (χ3v) is 11.0. The van der Waals surface area contributed by atoms with Gasteiger partial charge in [0, 0.05) is 0 Å². The first kappa shape index (κ1) is 37.6. The molecule has 1 N–H and O–H groups in total. The van der Waals surface area contributed by atoms with Crippen molar-refractivity contribution in [3.05, 3.63) is 84.0 Å². The van der Waals surface area contributed by atoms with Gasteiger partial charge in [-0.05, 0) is 142 Å². The van der Waals surface area contributed by atoms with Crippen LogP contribution in [0.3, 0.4) is 0 Å². The van der Waals surface area contributed by atoms with Gasteiger partial charge in [0.15, 0.2) is 0 Å². The van der Waals surface area contributed by atoms with E-state index in [-0.39, 0.29) is 24.1 Å². The molecule has 2 aromatic rings. The van der Waals surface area contributed by atoms with Gasteiger partial charge in [-0.15, -0.1) is 0 Å². The van der Waals surface area contributed by atoms with Gasteiger partial charge in [0.25, 0.3) is 0 Å². The molecule has 0 heterocycles. The third-order valence-electron chi connectivity index (χ3n) is 11.0. The standard InChI is InChI=1S/C43H60O5/c1-5-6-7-9-33-11-13-35(14-12-33)37-19-21-39(22-20-37)41-25-23-40(24-26-41)38-17-15-36(16-18-38)34(10-8-28-47-42(45)31(2)3)27-29-48-43(46)32(4)30-44/h5-6,19-26,31,33-36,38,44H,4,7-18,27-30H2,1-3H3/b6-5+. The molecule has 48 heavy (non-hydrogen) atoms. The number of aliphatic hydroxyl groups is 1. The molecule has 2 fully saturated rings. The molecular formula is C43H60O5. The zero-order chi connectivity index (χ0) is 34.3. The first-order chi connectivity index (χ1) is 23.3. The normalized spacial score (nSPS) is 22.0. The van der Waals surface area contributed by atoms with E-state index >= 15 is 0 Å². The van der Waals surface area contributed by atoms with Crippen molar-refractivity contribution in [3.63, 3.8) is 0 Å². The van der Waals surface area contributed by atoms with Crippen LogP contribution in [0.15, 0.2) is 72.8 Å². The van der Waals surface area contributed by atoms with Gasteiger partial charge in [-0.2, -0.15) is 0 Å². The maximum Gasteiger partial charge on any atom is 0.335 e. The number of aliphatic hydroxyl groups excluding tert-OH is 1. The number of hydrogen-bond acceptors (Lipinski definition) is 5. The summed E-state index contributed by atoms with van der Waals surface area (Å²) in [5.41, 5.74) is 5.58. The highest BCUT2D eigenvalue weighted by Gasteiger charge is 2.29. The smallest absolute Gasteiger partial charge is 0.335 e. The van der Waals surface area contributed by atoms with Crippen molar-refractivity contribution in [1.82, 2.24) is 0 Å². The van der Waals surface area contributed by atoms with Gasteiger partial charge < -0.3 is 14.6 Å². The molecule has 5 nitrogen and oxygen atoms in total. The second kappa shape index (κ2) is 19.7. The van der Waals surface area contributed by atoms with Crippen LogP contribution >= 0.6 is 0 Å². The Hall–Kier alpha value is -3.18. The van der Waals surface area contributed by atoms with E-state index in [1.807, 2.05) is 13.8 Å². The van der Waals surface area contributed by atoms with E-state index in [0.717, 1.165) is 50.9 Å². The Kier molecular flexibility index (Phi) is 15.5. The number of hydrogen-bond donors (Lipinski definition) is 1. The lowest BCUT2D eigenvalue weighted by Gasteiger charge is -2.34. The van der Waals surface area contributed by atoms with E-state index < -0.39 is 5.97 Å². The fourth-order valence-corrected chi connectivity index (χ4v) is 7.87. The summed E-state index contributed by atoms with van der Waals surface area (Å²) >= 11 is 0. The number of esters is 2. The van der Waals surface area contributed by atoms with Gasteiger partial charge in [0.05, 0.1) is 31.3 Å². The van der Waals surface area contributed by atoms with Gasteiger partial charge in [0.2, 0.25) is 0 Å². The minimum absolute atomic E-state index is 0.0829. The molecule has 0 bridgehead atoms. The predicted molar refractivity (Wildman–Crippen MR) is 196 cm³/mol. The summed E-state index contributed by atoms with van der Waals surface area (Å²) in [6.07, 6.45) is 19.5. The summed E-state index contributed by atoms with van der Waals surface area (Å²) < 4.78 is 10.8. The topological polar surface area (TPSA) is 72.8 Å². The first-order valence-corrected chi connectivity index (χ1v) is 18.7. The summed E-state index contributed by atoms with van der Waals surface area (Å²) in [6.45, 7) is 9.74. The monoisotopic (exact) mass is 656 g/mol. The second-order valence-corrected chi connectivity index (χ2v) is 14.6. The van der Waals surface area contributed by atoms with Gasteiger partial charge in [-0.1, -0.05) is 81.1 Å². The highest BCUT2D eigenvalue weighted by atomic mass is 16.5. The summed E-state index contributed by atoms with van der Waals surface area (Å²) in [6, 6.07) is 18.6. The third kappa shape index (κ3) is 11.5. The van der Waals surface area contributed by atoms with E-state index in [1.54, 1.807) is 0 Å². The molecule has 0 spiro atoms. The zero-order valence-corrected chi connectivity index (χ0v) is 29.8. The number of carbonyl (C=O) groups excluding carboxylic acids is 2. The van der Waals surface area contributed by atoms with Crippen LogP contribution in [0.2, 0.25) is 0 Å². The van der Waals surface area contributed by atoms with Crippen molar-refractivity contribution in [1.29, 1.82) is 0 Å². The lowest BCUT2D eigenvalue weighted by molar-refractivity contribution is -0.147. The van der Waals surface area contributed by atoms with Crippen molar-refractivity contribution < 1.29 is 24.2 Å². The Morgan fingerprint density at radius 3 is 1.90 bits per heavy atom. The van der Waals surface area contributed by atoms with Crippen LogP contribution < -0.4 is 0 Å². The first-order valence-electron chi connectivity index (χ1n) is 18.7. The minimum Gasteiger partial charge on any atom is -0.465 e. The largest absolute Gasteiger partial charge is 0.465 e. The zero-order valence-electron chi connectivity index (χ0n) is 29.8. The summed E-state index contributed by atoms with van der Waals surface area (Å²) in [4.78, 5) is 23.9. The lowest BCUT2D eigenvalue weighted by Crippen LogP contribution is -2.24. The van der Waals surface area contributed by atoms with Crippen molar-refractivity contribution in [2.45, 2.75) is 116 Å². The van der Waals surface area contributed by atoms with Gasteiger partial charge in [-0.3, -0.25) is 4.79 Å². The van der Waals surface area contributed by atoms with Crippen LogP contribution in [0.5, 0.6) is 0 Å². The molecule has 0 saturated heterocycles. The molecule has 2 aliphatic carbocycles. The summed E-state index contributed by atoms with van der Waals surface area (Å²) in [5, 5.41) is 9.18. The molecule has 2 saturated carbocycles. The fraction of sp³-hybridized carbons (Fsp3) is 0.581. The van der Waals surface area contributed by atoms with E-state index in [2.05, 4.69) is 74.2 Å². The van der Waals surface area contributed by atoms with Crippen LogP contribution in [0, 0.1) is 23.7 Å². The fourth-order valence-electron chi connectivity index (χ4n) is 7.87. The maximum absolute atomic E-state index is 12.0.